The summed E-state index contributed by atoms with van der Waals surface area (Å²) >= 11 is 0. The third-order valence-electron chi connectivity index (χ3n) is 8.04. The van der Waals surface area contributed by atoms with Gasteiger partial charge in [-0.25, -0.2) is 0 Å². The van der Waals surface area contributed by atoms with E-state index in [2.05, 4.69) is 41.4 Å². The highest BCUT2D eigenvalue weighted by Gasteiger charge is 2.44. The van der Waals surface area contributed by atoms with Crippen LogP contribution in [0.15, 0.2) is 48.5 Å². The van der Waals surface area contributed by atoms with Gasteiger partial charge in [0.15, 0.2) is 0 Å². The van der Waals surface area contributed by atoms with Crippen LogP contribution in [0.3, 0.4) is 0 Å². The number of piperazine rings is 1. The average Bonchev–Trinajstić information content (AvgIpc) is 3.60. The quantitative estimate of drug-likeness (QED) is 0.628. The van der Waals surface area contributed by atoms with Crippen LogP contribution in [-0.4, -0.2) is 90.6 Å². The second-order valence-electron chi connectivity index (χ2n) is 10.9. The number of carbonyl (C=O) groups excluding carboxylic acids is 2. The molecule has 0 aromatic heterocycles. The van der Waals surface area contributed by atoms with Gasteiger partial charge in [-0.3, -0.25) is 14.5 Å². The van der Waals surface area contributed by atoms with E-state index < -0.39 is 6.04 Å². The minimum Gasteiger partial charge on any atom is -0.377 e. The normalized spacial score (nSPS) is 24.1. The van der Waals surface area contributed by atoms with Crippen molar-refractivity contribution in [2.75, 3.05) is 45.9 Å². The maximum absolute atomic E-state index is 13.8. The molecule has 2 aromatic carbocycles. The minimum atomic E-state index is -0.443. The molecule has 1 N–H and O–H groups in total. The zero-order valence-electron chi connectivity index (χ0n) is 22.2. The number of hydrogen-bond acceptors (Lipinski definition) is 5. The van der Waals surface area contributed by atoms with Gasteiger partial charge in [-0.2, -0.15) is 0 Å². The lowest BCUT2D eigenvalue weighted by Gasteiger charge is -2.32. The third-order valence-corrected chi connectivity index (χ3v) is 8.04. The molecule has 3 aliphatic rings. The third kappa shape index (κ3) is 6.22. The summed E-state index contributed by atoms with van der Waals surface area (Å²) in [5.41, 5.74) is 4.25. The fourth-order valence-corrected chi connectivity index (χ4v) is 5.82. The van der Waals surface area contributed by atoms with Crippen LogP contribution in [0, 0.1) is 13.8 Å². The van der Waals surface area contributed by atoms with Gasteiger partial charge in [0.2, 0.25) is 5.91 Å². The lowest BCUT2D eigenvalue weighted by atomic mass is 10.1. The Hall–Kier alpha value is -2.74. The van der Waals surface area contributed by atoms with Crippen LogP contribution in [-0.2, 0) is 16.1 Å². The predicted molar refractivity (Wildman–Crippen MR) is 144 cm³/mol. The highest BCUT2D eigenvalue weighted by Crippen LogP contribution is 2.29. The van der Waals surface area contributed by atoms with Gasteiger partial charge in [0.1, 0.15) is 6.04 Å². The molecular weight excluding hydrogens is 464 g/mol. The number of hydrogen-bond donors (Lipinski definition) is 1. The topological polar surface area (TPSA) is 65.1 Å². The first-order valence-electron chi connectivity index (χ1n) is 13.8. The molecule has 0 bridgehead atoms. The molecule has 7 heteroatoms. The molecule has 198 valence electrons. The second-order valence-corrected chi connectivity index (χ2v) is 10.9. The molecule has 0 radical (unpaired) electrons. The number of carbonyl (C=O) groups is 2. The van der Waals surface area contributed by atoms with Crippen LogP contribution in [0.2, 0.25) is 0 Å². The average molecular weight is 505 g/mol. The summed E-state index contributed by atoms with van der Waals surface area (Å²) in [4.78, 5) is 33.8. The number of rotatable bonds is 7. The Morgan fingerprint density at radius 2 is 1.68 bits per heavy atom. The summed E-state index contributed by atoms with van der Waals surface area (Å²) < 4.78 is 6.02. The van der Waals surface area contributed by atoms with Crippen molar-refractivity contribution < 1.29 is 14.3 Å². The Balaban J connectivity index is 1.40. The van der Waals surface area contributed by atoms with Gasteiger partial charge in [0.25, 0.3) is 5.91 Å². The van der Waals surface area contributed by atoms with Gasteiger partial charge >= 0.3 is 0 Å². The highest BCUT2D eigenvalue weighted by atomic mass is 16.5. The lowest BCUT2D eigenvalue weighted by Crippen LogP contribution is -2.53. The summed E-state index contributed by atoms with van der Waals surface area (Å²) in [5, 5.41) is 3.33. The number of nitrogens with one attached hydrogen (secondary N) is 1. The maximum Gasteiger partial charge on any atom is 0.254 e. The molecule has 3 atom stereocenters. The van der Waals surface area contributed by atoms with Crippen LogP contribution in [0.1, 0.15) is 46.3 Å². The molecule has 2 amide bonds. The predicted octanol–water partition coefficient (Wildman–Crippen LogP) is 3.00. The Morgan fingerprint density at radius 1 is 1.00 bits per heavy atom. The SMILES string of the molecule is Cc1ccc(CN(CC2CCCO2)C2CC(C(=O)N3CCNCC3)N(C(=O)c3ccc(C)cc3)C2)cc1. The molecule has 3 heterocycles. The van der Waals surface area contributed by atoms with Crippen molar-refractivity contribution in [3.8, 4) is 0 Å². The second kappa shape index (κ2) is 11.8. The summed E-state index contributed by atoms with van der Waals surface area (Å²) in [6, 6.07) is 16.0. The van der Waals surface area contributed by atoms with Crippen molar-refractivity contribution in [3.63, 3.8) is 0 Å². The molecule has 3 unspecified atom stereocenters. The van der Waals surface area contributed by atoms with Crippen molar-refractivity contribution in [2.24, 2.45) is 0 Å². The Bertz CT molecular complexity index is 1060. The fraction of sp³-hybridized carbons (Fsp3) is 0.533. The van der Waals surface area contributed by atoms with Crippen LogP contribution < -0.4 is 5.32 Å². The summed E-state index contributed by atoms with van der Waals surface area (Å²) in [6.07, 6.45) is 3.01. The standard InChI is InChI=1S/C30H40N4O3/c1-22-5-9-24(10-6-22)19-33(21-27-4-3-17-37-27)26-18-28(30(36)32-15-13-31-14-16-32)34(20-26)29(35)25-11-7-23(2)8-12-25/h5-12,26-28,31H,3-4,13-21H2,1-2H3. The van der Waals surface area contributed by atoms with Crippen molar-refractivity contribution in [1.82, 2.24) is 20.0 Å². The van der Waals surface area contributed by atoms with Crippen LogP contribution in [0.4, 0.5) is 0 Å². The first kappa shape index (κ1) is 25.9. The van der Waals surface area contributed by atoms with E-state index in [0.717, 1.165) is 51.2 Å². The van der Waals surface area contributed by atoms with Gasteiger partial charge in [-0.1, -0.05) is 47.5 Å². The van der Waals surface area contributed by atoms with Gasteiger partial charge in [0.05, 0.1) is 6.10 Å². The maximum atomic E-state index is 13.8. The molecule has 7 nitrogen and oxygen atoms in total. The number of nitrogens with zero attached hydrogens (tertiary/aromatic N) is 3. The number of amides is 2. The van der Waals surface area contributed by atoms with Gasteiger partial charge < -0.3 is 19.9 Å². The summed E-state index contributed by atoms with van der Waals surface area (Å²) in [5.74, 6) is 0.0280. The van der Waals surface area contributed by atoms with E-state index in [1.165, 1.54) is 11.1 Å². The van der Waals surface area contributed by atoms with Crippen molar-refractivity contribution in [2.45, 2.75) is 57.8 Å². The zero-order chi connectivity index (χ0) is 25.8. The Kier molecular flexibility index (Phi) is 8.23. The Labute approximate surface area is 220 Å². The van der Waals surface area contributed by atoms with Gasteiger partial charge in [-0.15, -0.1) is 0 Å². The molecule has 5 rings (SSSR count). The first-order chi connectivity index (χ1) is 18.0. The van der Waals surface area contributed by atoms with E-state index in [-0.39, 0.29) is 24.0 Å². The largest absolute Gasteiger partial charge is 0.377 e. The number of aryl methyl sites for hydroxylation is 2. The highest BCUT2D eigenvalue weighted by molar-refractivity contribution is 5.98. The van der Waals surface area contributed by atoms with Crippen LogP contribution in [0.5, 0.6) is 0 Å². The Morgan fingerprint density at radius 3 is 2.32 bits per heavy atom. The van der Waals surface area contributed by atoms with Crippen LogP contribution >= 0.6 is 0 Å². The van der Waals surface area contributed by atoms with E-state index in [1.807, 2.05) is 41.0 Å². The molecule has 0 aliphatic carbocycles. The fourth-order valence-electron chi connectivity index (χ4n) is 5.82. The van der Waals surface area contributed by atoms with E-state index in [9.17, 15) is 9.59 Å². The molecule has 0 saturated carbocycles. The number of ether oxygens (including phenoxy) is 1. The molecule has 3 fully saturated rings. The molecular formula is C30H40N4O3. The smallest absolute Gasteiger partial charge is 0.254 e. The van der Waals surface area contributed by atoms with Gasteiger partial charge in [0, 0.05) is 64.0 Å². The van der Waals surface area contributed by atoms with E-state index >= 15 is 0 Å². The minimum absolute atomic E-state index is 0.0524. The lowest BCUT2D eigenvalue weighted by molar-refractivity contribution is -0.135. The van der Waals surface area contributed by atoms with Crippen LogP contribution in [0.25, 0.3) is 0 Å². The van der Waals surface area contributed by atoms with Crippen molar-refractivity contribution >= 4 is 11.8 Å². The number of benzene rings is 2. The van der Waals surface area contributed by atoms with Crippen molar-refractivity contribution in [1.29, 1.82) is 0 Å². The number of likely N-dealkylation sites (tertiary alicyclic amines) is 1. The van der Waals surface area contributed by atoms with E-state index in [1.54, 1.807) is 0 Å². The van der Waals surface area contributed by atoms with Crippen molar-refractivity contribution in [3.05, 3.63) is 70.8 Å². The van der Waals surface area contributed by atoms with E-state index in [4.69, 9.17) is 4.74 Å². The molecule has 3 aliphatic heterocycles. The molecule has 2 aromatic rings. The van der Waals surface area contributed by atoms with Gasteiger partial charge in [-0.05, 0) is 50.8 Å². The molecule has 37 heavy (non-hydrogen) atoms. The monoisotopic (exact) mass is 504 g/mol. The molecule has 0 spiro atoms. The summed E-state index contributed by atoms with van der Waals surface area (Å²) in [6.45, 7) is 10.1. The first-order valence-corrected chi connectivity index (χ1v) is 13.8. The summed E-state index contributed by atoms with van der Waals surface area (Å²) in [7, 11) is 0. The molecule has 3 saturated heterocycles. The van der Waals surface area contributed by atoms with E-state index in [0.29, 0.717) is 31.6 Å². The zero-order valence-corrected chi connectivity index (χ0v) is 22.2.